The second-order valence-electron chi connectivity index (χ2n) is 5.89. The highest BCUT2D eigenvalue weighted by Crippen LogP contribution is 2.30. The molecule has 1 amide bonds. The Morgan fingerprint density at radius 1 is 1.35 bits per heavy atom. The molecule has 0 spiro atoms. The number of carboxylic acid groups (broad SMARTS) is 1. The number of amides is 1. The summed E-state index contributed by atoms with van der Waals surface area (Å²) in [6, 6.07) is 7.58. The van der Waals surface area contributed by atoms with Gasteiger partial charge in [0.1, 0.15) is 11.3 Å². The number of carboxylic acids is 1. The Kier molecular flexibility index (Phi) is 5.93. The van der Waals surface area contributed by atoms with Crippen molar-refractivity contribution < 1.29 is 19.4 Å². The monoisotopic (exact) mass is 337 g/mol. The van der Waals surface area contributed by atoms with Crippen LogP contribution in [0, 0.1) is 0 Å². The van der Waals surface area contributed by atoms with E-state index < -0.39 is 11.5 Å². The molecule has 1 unspecified atom stereocenters. The van der Waals surface area contributed by atoms with Crippen LogP contribution < -0.4 is 10.1 Å². The number of para-hydroxylation sites is 1. The number of nitrogens with one attached hydrogen (secondary N) is 1. The smallest absolute Gasteiger partial charge is 0.329 e. The minimum absolute atomic E-state index is 0.0463. The molecular formula is C17H23NO4S. The van der Waals surface area contributed by atoms with Gasteiger partial charge in [-0.15, -0.1) is 0 Å². The molecule has 2 rings (SSSR count). The number of thioether (sulfide) groups is 1. The van der Waals surface area contributed by atoms with Crippen molar-refractivity contribution in [2.75, 3.05) is 18.6 Å². The molecule has 23 heavy (non-hydrogen) atoms. The molecule has 0 aromatic heterocycles. The SMILES string of the molecule is COc1ccccc1C(C)CC(=O)NC1(C(=O)O)CCSCC1. The zero-order valence-corrected chi connectivity index (χ0v) is 14.3. The van der Waals surface area contributed by atoms with Crippen LogP contribution in [0.3, 0.4) is 0 Å². The van der Waals surface area contributed by atoms with Crippen molar-refractivity contribution in [3.63, 3.8) is 0 Å². The highest BCUT2D eigenvalue weighted by atomic mass is 32.2. The number of hydrogen-bond acceptors (Lipinski definition) is 4. The summed E-state index contributed by atoms with van der Waals surface area (Å²) < 4.78 is 5.33. The highest BCUT2D eigenvalue weighted by Gasteiger charge is 2.41. The summed E-state index contributed by atoms with van der Waals surface area (Å²) in [5.41, 5.74) is -0.156. The van der Waals surface area contributed by atoms with Crippen molar-refractivity contribution in [2.45, 2.75) is 37.6 Å². The van der Waals surface area contributed by atoms with Gasteiger partial charge in [0.2, 0.25) is 5.91 Å². The number of methoxy groups -OCH3 is 1. The van der Waals surface area contributed by atoms with Gasteiger partial charge in [0.15, 0.2) is 0 Å². The number of benzene rings is 1. The van der Waals surface area contributed by atoms with Crippen LogP contribution in [-0.4, -0.2) is 41.1 Å². The van der Waals surface area contributed by atoms with E-state index in [1.54, 1.807) is 18.9 Å². The Morgan fingerprint density at radius 3 is 2.61 bits per heavy atom. The van der Waals surface area contributed by atoms with Crippen LogP contribution in [0.1, 0.15) is 37.7 Å². The van der Waals surface area contributed by atoms with E-state index in [0.717, 1.165) is 22.8 Å². The van der Waals surface area contributed by atoms with Gasteiger partial charge in [-0.2, -0.15) is 11.8 Å². The van der Waals surface area contributed by atoms with E-state index in [-0.39, 0.29) is 18.2 Å². The third kappa shape index (κ3) is 4.19. The number of hydrogen-bond donors (Lipinski definition) is 2. The first kappa shape index (κ1) is 17.7. The Hall–Kier alpha value is -1.69. The second-order valence-corrected chi connectivity index (χ2v) is 7.12. The van der Waals surface area contributed by atoms with Crippen molar-refractivity contribution in [3.8, 4) is 5.75 Å². The lowest BCUT2D eigenvalue weighted by Crippen LogP contribution is -2.56. The topological polar surface area (TPSA) is 75.6 Å². The molecule has 1 atom stereocenters. The second kappa shape index (κ2) is 7.73. The van der Waals surface area contributed by atoms with Crippen LogP contribution in [-0.2, 0) is 9.59 Å². The average molecular weight is 337 g/mol. The van der Waals surface area contributed by atoms with Crippen LogP contribution in [0.15, 0.2) is 24.3 Å². The lowest BCUT2D eigenvalue weighted by Gasteiger charge is -2.34. The predicted molar refractivity (Wildman–Crippen MR) is 91.1 cm³/mol. The number of carbonyl (C=O) groups excluding carboxylic acids is 1. The molecule has 2 N–H and O–H groups in total. The van der Waals surface area contributed by atoms with Gasteiger partial charge in [-0.25, -0.2) is 4.79 Å². The summed E-state index contributed by atoms with van der Waals surface area (Å²) in [5.74, 6) is 1.06. The first-order valence-electron chi connectivity index (χ1n) is 7.73. The number of rotatable bonds is 6. The molecule has 0 saturated carbocycles. The van der Waals surface area contributed by atoms with Gasteiger partial charge in [0.25, 0.3) is 0 Å². The van der Waals surface area contributed by atoms with Crippen molar-refractivity contribution in [3.05, 3.63) is 29.8 Å². The summed E-state index contributed by atoms with van der Waals surface area (Å²) in [7, 11) is 1.60. The molecule has 1 saturated heterocycles. The van der Waals surface area contributed by atoms with Crippen LogP contribution in [0.2, 0.25) is 0 Å². The Morgan fingerprint density at radius 2 is 2.00 bits per heavy atom. The maximum atomic E-state index is 12.4. The third-order valence-electron chi connectivity index (χ3n) is 4.30. The van der Waals surface area contributed by atoms with Crippen LogP contribution in [0.25, 0.3) is 0 Å². The fourth-order valence-corrected chi connectivity index (χ4v) is 4.08. The van der Waals surface area contributed by atoms with Gasteiger partial charge >= 0.3 is 5.97 Å². The van der Waals surface area contributed by atoms with Crippen molar-refractivity contribution >= 4 is 23.6 Å². The van der Waals surface area contributed by atoms with E-state index >= 15 is 0 Å². The highest BCUT2D eigenvalue weighted by molar-refractivity contribution is 7.99. The first-order chi connectivity index (χ1) is 11.0. The maximum Gasteiger partial charge on any atom is 0.329 e. The Labute approximate surface area is 140 Å². The molecule has 1 aromatic carbocycles. The molecular weight excluding hydrogens is 314 g/mol. The van der Waals surface area contributed by atoms with Gasteiger partial charge in [0, 0.05) is 6.42 Å². The molecule has 6 heteroatoms. The molecule has 0 bridgehead atoms. The molecule has 0 radical (unpaired) electrons. The van der Waals surface area contributed by atoms with E-state index in [1.165, 1.54) is 0 Å². The first-order valence-corrected chi connectivity index (χ1v) is 8.89. The summed E-state index contributed by atoms with van der Waals surface area (Å²) in [6.45, 7) is 1.95. The zero-order valence-electron chi connectivity index (χ0n) is 13.5. The third-order valence-corrected chi connectivity index (χ3v) is 5.28. The predicted octanol–water partition coefficient (Wildman–Crippen LogP) is 2.66. The molecule has 1 fully saturated rings. The largest absolute Gasteiger partial charge is 0.496 e. The Balaban J connectivity index is 2.04. The van der Waals surface area contributed by atoms with Crippen LogP contribution in [0.5, 0.6) is 5.75 Å². The van der Waals surface area contributed by atoms with Gasteiger partial charge in [-0.1, -0.05) is 25.1 Å². The average Bonchev–Trinajstić information content (AvgIpc) is 2.55. The fourth-order valence-electron chi connectivity index (χ4n) is 2.89. The van der Waals surface area contributed by atoms with E-state index in [1.807, 2.05) is 31.2 Å². The lowest BCUT2D eigenvalue weighted by molar-refractivity contribution is -0.148. The van der Waals surface area contributed by atoms with E-state index in [2.05, 4.69) is 5.32 Å². The van der Waals surface area contributed by atoms with E-state index in [9.17, 15) is 14.7 Å². The van der Waals surface area contributed by atoms with Gasteiger partial charge in [0.05, 0.1) is 7.11 Å². The van der Waals surface area contributed by atoms with E-state index in [0.29, 0.717) is 12.8 Å². The number of carbonyl (C=O) groups is 2. The lowest BCUT2D eigenvalue weighted by atomic mass is 9.90. The number of ether oxygens (including phenoxy) is 1. The summed E-state index contributed by atoms with van der Waals surface area (Å²) in [5, 5.41) is 12.3. The summed E-state index contributed by atoms with van der Waals surface area (Å²) in [6.07, 6.45) is 1.19. The molecule has 1 heterocycles. The fraction of sp³-hybridized carbons (Fsp3) is 0.529. The van der Waals surface area contributed by atoms with Crippen molar-refractivity contribution in [1.29, 1.82) is 0 Å². The van der Waals surface area contributed by atoms with Gasteiger partial charge < -0.3 is 15.2 Å². The van der Waals surface area contributed by atoms with Gasteiger partial charge in [-0.05, 0) is 41.9 Å². The quantitative estimate of drug-likeness (QED) is 0.835. The summed E-state index contributed by atoms with van der Waals surface area (Å²) >= 11 is 1.73. The van der Waals surface area contributed by atoms with Gasteiger partial charge in [-0.3, -0.25) is 4.79 Å². The maximum absolute atomic E-state index is 12.4. The van der Waals surface area contributed by atoms with Crippen LogP contribution in [0.4, 0.5) is 0 Å². The Bertz CT molecular complexity index is 569. The number of aliphatic carboxylic acids is 1. The molecule has 1 aliphatic rings. The normalized spacial score (nSPS) is 18.0. The summed E-state index contributed by atoms with van der Waals surface area (Å²) in [4.78, 5) is 24.0. The molecule has 0 aliphatic carbocycles. The standard InChI is InChI=1S/C17H23NO4S/c1-12(13-5-3-4-6-14(13)22-2)11-15(19)18-17(16(20)21)7-9-23-10-8-17/h3-6,12H,7-11H2,1-2H3,(H,18,19)(H,20,21). The molecule has 1 aromatic rings. The zero-order chi connectivity index (χ0) is 16.9. The van der Waals surface area contributed by atoms with E-state index in [4.69, 9.17) is 4.74 Å². The minimum Gasteiger partial charge on any atom is -0.496 e. The molecule has 1 aliphatic heterocycles. The van der Waals surface area contributed by atoms with Crippen LogP contribution >= 0.6 is 11.8 Å². The van der Waals surface area contributed by atoms with Crippen molar-refractivity contribution in [2.24, 2.45) is 0 Å². The minimum atomic E-state index is -1.11. The molecule has 5 nitrogen and oxygen atoms in total. The van der Waals surface area contributed by atoms with Crippen molar-refractivity contribution in [1.82, 2.24) is 5.32 Å². The molecule has 126 valence electrons.